The van der Waals surface area contributed by atoms with E-state index in [0.29, 0.717) is 18.9 Å². The zero-order valence-corrected chi connectivity index (χ0v) is 15.2. The standard InChI is InChI=1S/C21H17F3N4O/c22-21(23,24)16-7-4-8-17(9-16)27-20(29)15-11-28(12-15)19-10-18(25-13-26-19)14-5-2-1-3-6-14/h1-10,13,15H,11-12H2,(H,27,29). The Balaban J connectivity index is 1.38. The van der Waals surface area contributed by atoms with Gasteiger partial charge in [-0.1, -0.05) is 36.4 Å². The number of nitrogens with zero attached hydrogens (tertiary/aromatic N) is 3. The summed E-state index contributed by atoms with van der Waals surface area (Å²) in [6.45, 7) is 0.881. The molecule has 5 nitrogen and oxygen atoms in total. The van der Waals surface area contributed by atoms with Crippen LogP contribution in [0.25, 0.3) is 11.3 Å². The number of benzene rings is 2. The van der Waals surface area contributed by atoms with Crippen LogP contribution < -0.4 is 10.2 Å². The number of alkyl halides is 3. The molecule has 29 heavy (non-hydrogen) atoms. The van der Waals surface area contributed by atoms with Gasteiger partial charge < -0.3 is 10.2 Å². The van der Waals surface area contributed by atoms with Gasteiger partial charge >= 0.3 is 6.18 Å². The van der Waals surface area contributed by atoms with Gasteiger partial charge in [-0.05, 0) is 18.2 Å². The highest BCUT2D eigenvalue weighted by molar-refractivity contribution is 5.94. The molecule has 1 fully saturated rings. The summed E-state index contributed by atoms with van der Waals surface area (Å²) >= 11 is 0. The van der Waals surface area contributed by atoms with Crippen LogP contribution in [0.4, 0.5) is 24.7 Å². The lowest BCUT2D eigenvalue weighted by Crippen LogP contribution is -2.52. The Morgan fingerprint density at radius 2 is 1.76 bits per heavy atom. The van der Waals surface area contributed by atoms with E-state index in [4.69, 9.17) is 0 Å². The second kappa shape index (κ2) is 7.54. The molecule has 3 aromatic rings. The van der Waals surface area contributed by atoms with E-state index in [1.54, 1.807) is 0 Å². The van der Waals surface area contributed by atoms with E-state index in [1.165, 1.54) is 18.5 Å². The van der Waals surface area contributed by atoms with Crippen molar-refractivity contribution in [1.82, 2.24) is 9.97 Å². The van der Waals surface area contributed by atoms with Crippen LogP contribution in [0.1, 0.15) is 5.56 Å². The highest BCUT2D eigenvalue weighted by atomic mass is 19.4. The molecule has 8 heteroatoms. The molecule has 2 aromatic carbocycles. The van der Waals surface area contributed by atoms with Gasteiger partial charge in [-0.15, -0.1) is 0 Å². The molecule has 148 valence electrons. The molecule has 1 N–H and O–H groups in total. The maximum Gasteiger partial charge on any atom is 0.416 e. The Hall–Kier alpha value is -3.42. The third-order valence-corrected chi connectivity index (χ3v) is 4.76. The molecule has 0 saturated carbocycles. The molecule has 1 aliphatic heterocycles. The fraction of sp³-hybridized carbons (Fsp3) is 0.190. The molecular weight excluding hydrogens is 381 g/mol. The lowest BCUT2D eigenvalue weighted by Gasteiger charge is -2.39. The molecule has 0 radical (unpaired) electrons. The minimum atomic E-state index is -4.45. The summed E-state index contributed by atoms with van der Waals surface area (Å²) in [5, 5.41) is 2.57. The Kier molecular flexibility index (Phi) is 4.92. The average Bonchev–Trinajstić information content (AvgIpc) is 2.67. The summed E-state index contributed by atoms with van der Waals surface area (Å²) in [6, 6.07) is 16.2. The van der Waals surface area contributed by atoms with Crippen molar-refractivity contribution in [2.75, 3.05) is 23.3 Å². The molecule has 4 rings (SSSR count). The fourth-order valence-electron chi connectivity index (χ4n) is 3.14. The summed E-state index contributed by atoms with van der Waals surface area (Å²) in [4.78, 5) is 22.8. The summed E-state index contributed by atoms with van der Waals surface area (Å²) in [6.07, 6.45) is -2.97. The first-order valence-electron chi connectivity index (χ1n) is 9.01. The minimum absolute atomic E-state index is 0.136. The number of hydrogen-bond donors (Lipinski definition) is 1. The lowest BCUT2D eigenvalue weighted by atomic mass is 9.98. The molecule has 0 bridgehead atoms. The zero-order valence-electron chi connectivity index (χ0n) is 15.2. The van der Waals surface area contributed by atoms with Crippen LogP contribution in [0.15, 0.2) is 67.0 Å². The normalized spacial score (nSPS) is 14.4. The van der Waals surface area contributed by atoms with E-state index in [1.807, 2.05) is 41.3 Å². The molecule has 0 aliphatic carbocycles. The highest BCUT2D eigenvalue weighted by Crippen LogP contribution is 2.31. The lowest BCUT2D eigenvalue weighted by molar-refractivity contribution is -0.137. The largest absolute Gasteiger partial charge is 0.416 e. The number of aromatic nitrogens is 2. The first kappa shape index (κ1) is 18.9. The average molecular weight is 398 g/mol. The van der Waals surface area contributed by atoms with E-state index in [9.17, 15) is 18.0 Å². The van der Waals surface area contributed by atoms with Crippen molar-refractivity contribution in [2.24, 2.45) is 5.92 Å². The molecular formula is C21H17F3N4O. The van der Waals surface area contributed by atoms with E-state index in [0.717, 1.165) is 23.4 Å². The summed E-state index contributed by atoms with van der Waals surface area (Å²) in [7, 11) is 0. The summed E-state index contributed by atoms with van der Waals surface area (Å²) in [5.41, 5.74) is 1.10. The monoisotopic (exact) mass is 398 g/mol. The van der Waals surface area contributed by atoms with Gasteiger partial charge in [0.1, 0.15) is 12.1 Å². The van der Waals surface area contributed by atoms with Crippen molar-refractivity contribution in [3.8, 4) is 11.3 Å². The molecule has 1 saturated heterocycles. The van der Waals surface area contributed by atoms with Gasteiger partial charge in [0.15, 0.2) is 0 Å². The molecule has 0 spiro atoms. The van der Waals surface area contributed by atoms with Crippen LogP contribution in [0.2, 0.25) is 0 Å². The molecule has 0 atom stereocenters. The van der Waals surface area contributed by atoms with Crippen LogP contribution >= 0.6 is 0 Å². The quantitative estimate of drug-likeness (QED) is 0.714. The predicted octanol–water partition coefficient (Wildman–Crippen LogP) is 4.24. The minimum Gasteiger partial charge on any atom is -0.355 e. The fourth-order valence-corrected chi connectivity index (χ4v) is 3.14. The number of carbonyl (C=O) groups is 1. The Morgan fingerprint density at radius 3 is 2.48 bits per heavy atom. The molecule has 2 heterocycles. The first-order chi connectivity index (χ1) is 13.9. The van der Waals surface area contributed by atoms with Crippen molar-refractivity contribution in [2.45, 2.75) is 6.18 Å². The van der Waals surface area contributed by atoms with Crippen molar-refractivity contribution < 1.29 is 18.0 Å². The van der Waals surface area contributed by atoms with Crippen molar-refractivity contribution in [1.29, 1.82) is 0 Å². The van der Waals surface area contributed by atoms with E-state index in [2.05, 4.69) is 15.3 Å². The topological polar surface area (TPSA) is 58.1 Å². The number of hydrogen-bond acceptors (Lipinski definition) is 4. The maximum absolute atomic E-state index is 12.8. The Labute approximate surface area is 165 Å². The number of carbonyl (C=O) groups excluding carboxylic acids is 1. The zero-order chi connectivity index (χ0) is 20.4. The SMILES string of the molecule is O=C(Nc1cccc(C(F)(F)F)c1)C1CN(c2cc(-c3ccccc3)ncn2)C1. The second-order valence-corrected chi connectivity index (χ2v) is 6.80. The van der Waals surface area contributed by atoms with Crippen LogP contribution in [0, 0.1) is 5.92 Å². The molecule has 1 amide bonds. The summed E-state index contributed by atoms with van der Waals surface area (Å²) in [5.74, 6) is 0.0829. The van der Waals surface area contributed by atoms with Crippen molar-refractivity contribution >= 4 is 17.4 Å². The Bertz CT molecular complexity index is 1020. The van der Waals surface area contributed by atoms with Crippen molar-refractivity contribution in [3.63, 3.8) is 0 Å². The third kappa shape index (κ3) is 4.21. The Morgan fingerprint density at radius 1 is 1.00 bits per heavy atom. The highest BCUT2D eigenvalue weighted by Gasteiger charge is 2.34. The van der Waals surface area contributed by atoms with Crippen LogP contribution in [0.3, 0.4) is 0 Å². The van der Waals surface area contributed by atoms with Crippen molar-refractivity contribution in [3.05, 3.63) is 72.6 Å². The van der Waals surface area contributed by atoms with Gasteiger partial charge in [0, 0.05) is 30.4 Å². The van der Waals surface area contributed by atoms with Gasteiger partial charge in [-0.25, -0.2) is 9.97 Å². The smallest absolute Gasteiger partial charge is 0.355 e. The van der Waals surface area contributed by atoms with Gasteiger partial charge in [-0.2, -0.15) is 13.2 Å². The van der Waals surface area contributed by atoms with E-state index in [-0.39, 0.29) is 17.5 Å². The molecule has 0 unspecified atom stereocenters. The van der Waals surface area contributed by atoms with E-state index >= 15 is 0 Å². The second-order valence-electron chi connectivity index (χ2n) is 6.80. The van der Waals surface area contributed by atoms with Gasteiger partial charge in [0.25, 0.3) is 0 Å². The maximum atomic E-state index is 12.8. The number of amides is 1. The number of rotatable bonds is 4. The molecule has 1 aliphatic rings. The number of nitrogens with one attached hydrogen (secondary N) is 1. The molecule has 1 aromatic heterocycles. The number of anilines is 2. The third-order valence-electron chi connectivity index (χ3n) is 4.76. The van der Waals surface area contributed by atoms with Crippen LogP contribution in [-0.4, -0.2) is 29.0 Å². The van der Waals surface area contributed by atoms with Gasteiger partial charge in [0.2, 0.25) is 5.91 Å². The summed E-state index contributed by atoms with van der Waals surface area (Å²) < 4.78 is 38.4. The first-order valence-corrected chi connectivity index (χ1v) is 9.01. The van der Waals surface area contributed by atoms with Crippen LogP contribution in [-0.2, 0) is 11.0 Å². The van der Waals surface area contributed by atoms with E-state index < -0.39 is 11.7 Å². The number of halogens is 3. The predicted molar refractivity (Wildman–Crippen MR) is 103 cm³/mol. The van der Waals surface area contributed by atoms with Gasteiger partial charge in [0.05, 0.1) is 17.2 Å². The van der Waals surface area contributed by atoms with Crippen LogP contribution in [0.5, 0.6) is 0 Å². The van der Waals surface area contributed by atoms with Gasteiger partial charge in [-0.3, -0.25) is 4.79 Å².